The topological polar surface area (TPSA) is 21.3 Å². The van der Waals surface area contributed by atoms with E-state index in [0.717, 1.165) is 21.5 Å². The first-order valence-corrected chi connectivity index (χ1v) is 7.23. The van der Waals surface area contributed by atoms with E-state index in [1.54, 1.807) is 19.2 Å². The zero-order valence-electron chi connectivity index (χ0n) is 11.1. The monoisotopic (exact) mass is 357 g/mol. The van der Waals surface area contributed by atoms with Crippen molar-refractivity contribution in [2.75, 3.05) is 12.4 Å². The van der Waals surface area contributed by atoms with Gasteiger partial charge in [0.15, 0.2) is 0 Å². The van der Waals surface area contributed by atoms with E-state index in [9.17, 15) is 4.39 Å². The van der Waals surface area contributed by atoms with Gasteiger partial charge in [-0.1, -0.05) is 17.7 Å². The van der Waals surface area contributed by atoms with Crippen LogP contribution in [0.2, 0.25) is 5.02 Å². The lowest BCUT2D eigenvalue weighted by Crippen LogP contribution is -2.06. The fourth-order valence-electron chi connectivity index (χ4n) is 1.87. The van der Waals surface area contributed by atoms with Crippen molar-refractivity contribution in [1.29, 1.82) is 0 Å². The summed E-state index contributed by atoms with van der Waals surface area (Å²) in [6, 6.07) is 10.5. The summed E-state index contributed by atoms with van der Waals surface area (Å²) in [7, 11) is 1.62. The van der Waals surface area contributed by atoms with E-state index in [-0.39, 0.29) is 11.1 Å². The molecule has 0 radical (unpaired) electrons. The molecule has 1 N–H and O–H groups in total. The molecule has 20 heavy (non-hydrogen) atoms. The van der Waals surface area contributed by atoms with Crippen LogP contribution in [0.5, 0.6) is 5.75 Å². The number of nitrogens with one attached hydrogen (secondary N) is 1. The van der Waals surface area contributed by atoms with Gasteiger partial charge in [-0.15, -0.1) is 0 Å². The molecule has 0 aliphatic heterocycles. The molecule has 2 rings (SSSR count). The van der Waals surface area contributed by atoms with Crippen molar-refractivity contribution in [1.82, 2.24) is 0 Å². The summed E-state index contributed by atoms with van der Waals surface area (Å²) in [6.45, 7) is 1.99. The van der Waals surface area contributed by atoms with E-state index in [1.165, 1.54) is 6.07 Å². The van der Waals surface area contributed by atoms with Crippen LogP contribution in [-0.2, 0) is 0 Å². The smallest absolute Gasteiger partial charge is 0.141 e. The molecule has 0 aromatic heterocycles. The quantitative estimate of drug-likeness (QED) is 0.787. The van der Waals surface area contributed by atoms with Crippen molar-refractivity contribution in [3.63, 3.8) is 0 Å². The number of methoxy groups -OCH3 is 1. The molecule has 2 nitrogen and oxygen atoms in total. The standard InChI is InChI=1S/C15H14BrClFNO/c1-9(10-3-5-14(18)13(17)7-10)19-11-4-6-15(20-2)12(16)8-11/h3-9,19H,1-2H3. The highest BCUT2D eigenvalue weighted by atomic mass is 79.9. The Bertz CT molecular complexity index is 621. The second kappa shape index (κ2) is 6.46. The number of rotatable bonds is 4. The Morgan fingerprint density at radius 1 is 1.25 bits per heavy atom. The van der Waals surface area contributed by atoms with E-state index in [4.69, 9.17) is 16.3 Å². The number of benzene rings is 2. The van der Waals surface area contributed by atoms with Crippen LogP contribution in [0.15, 0.2) is 40.9 Å². The summed E-state index contributed by atoms with van der Waals surface area (Å²) in [6.07, 6.45) is 0. The van der Waals surface area contributed by atoms with Crippen LogP contribution >= 0.6 is 27.5 Å². The van der Waals surface area contributed by atoms with Crippen LogP contribution in [0.1, 0.15) is 18.5 Å². The largest absolute Gasteiger partial charge is 0.496 e. The predicted octanol–water partition coefficient (Wildman–Crippen LogP) is 5.42. The lowest BCUT2D eigenvalue weighted by Gasteiger charge is -2.17. The summed E-state index contributed by atoms with van der Waals surface area (Å²) in [4.78, 5) is 0. The van der Waals surface area contributed by atoms with Crippen molar-refractivity contribution in [3.05, 3.63) is 57.3 Å². The van der Waals surface area contributed by atoms with Crippen molar-refractivity contribution in [2.24, 2.45) is 0 Å². The van der Waals surface area contributed by atoms with Crippen molar-refractivity contribution in [2.45, 2.75) is 13.0 Å². The first kappa shape index (κ1) is 15.1. The van der Waals surface area contributed by atoms with Crippen LogP contribution in [-0.4, -0.2) is 7.11 Å². The molecule has 0 amide bonds. The minimum atomic E-state index is -0.408. The number of ether oxygens (including phenoxy) is 1. The highest BCUT2D eigenvalue weighted by molar-refractivity contribution is 9.10. The van der Waals surface area contributed by atoms with Gasteiger partial charge in [-0.3, -0.25) is 0 Å². The molecular formula is C15H14BrClFNO. The number of hydrogen-bond donors (Lipinski definition) is 1. The molecular weight excluding hydrogens is 345 g/mol. The summed E-state index contributed by atoms with van der Waals surface area (Å²) >= 11 is 9.24. The normalized spacial score (nSPS) is 12.1. The molecule has 0 aliphatic carbocycles. The van der Waals surface area contributed by atoms with E-state index >= 15 is 0 Å². The Balaban J connectivity index is 2.16. The first-order valence-electron chi connectivity index (χ1n) is 6.06. The van der Waals surface area contributed by atoms with Crippen LogP contribution in [0.4, 0.5) is 10.1 Å². The molecule has 2 aromatic rings. The van der Waals surface area contributed by atoms with Crippen LogP contribution in [0.3, 0.4) is 0 Å². The van der Waals surface area contributed by atoms with Gasteiger partial charge in [-0.25, -0.2) is 4.39 Å². The number of hydrogen-bond acceptors (Lipinski definition) is 2. The van der Waals surface area contributed by atoms with E-state index in [1.807, 2.05) is 25.1 Å². The van der Waals surface area contributed by atoms with Crippen molar-refractivity contribution < 1.29 is 9.13 Å². The van der Waals surface area contributed by atoms with Gasteiger partial charge >= 0.3 is 0 Å². The molecule has 0 bridgehead atoms. The van der Waals surface area contributed by atoms with E-state index in [2.05, 4.69) is 21.2 Å². The molecule has 0 fully saturated rings. The van der Waals surface area contributed by atoms with E-state index < -0.39 is 5.82 Å². The molecule has 2 aromatic carbocycles. The maximum absolute atomic E-state index is 13.2. The van der Waals surface area contributed by atoms with Gasteiger partial charge in [0, 0.05) is 11.7 Å². The zero-order valence-corrected chi connectivity index (χ0v) is 13.4. The lowest BCUT2D eigenvalue weighted by molar-refractivity contribution is 0.412. The average molecular weight is 359 g/mol. The van der Waals surface area contributed by atoms with Crippen LogP contribution in [0, 0.1) is 5.82 Å². The molecule has 1 atom stereocenters. The maximum atomic E-state index is 13.2. The SMILES string of the molecule is COc1ccc(NC(C)c2ccc(F)c(Cl)c2)cc1Br. The summed E-state index contributed by atoms with van der Waals surface area (Å²) in [5, 5.41) is 3.46. The maximum Gasteiger partial charge on any atom is 0.141 e. The molecule has 0 aliphatic rings. The Hall–Kier alpha value is -1.26. The first-order chi connectivity index (χ1) is 9.51. The summed E-state index contributed by atoms with van der Waals surface area (Å²) in [5.74, 6) is 0.364. The minimum Gasteiger partial charge on any atom is -0.496 e. The lowest BCUT2D eigenvalue weighted by atomic mass is 10.1. The number of halogens is 3. The average Bonchev–Trinajstić information content (AvgIpc) is 2.42. The highest BCUT2D eigenvalue weighted by Crippen LogP contribution is 2.30. The second-order valence-electron chi connectivity index (χ2n) is 4.39. The van der Waals surface area contributed by atoms with Gasteiger partial charge in [0.2, 0.25) is 0 Å². The fourth-order valence-corrected chi connectivity index (χ4v) is 2.60. The highest BCUT2D eigenvalue weighted by Gasteiger charge is 2.09. The predicted molar refractivity (Wildman–Crippen MR) is 84.1 cm³/mol. The van der Waals surface area contributed by atoms with Gasteiger partial charge in [-0.2, -0.15) is 0 Å². The third-order valence-electron chi connectivity index (χ3n) is 2.98. The minimum absolute atomic E-state index is 0.00777. The Morgan fingerprint density at radius 3 is 2.60 bits per heavy atom. The number of anilines is 1. The third kappa shape index (κ3) is 3.44. The molecule has 0 heterocycles. The second-order valence-corrected chi connectivity index (χ2v) is 5.65. The van der Waals surface area contributed by atoms with Crippen LogP contribution in [0.25, 0.3) is 0 Å². The Morgan fingerprint density at radius 2 is 2.00 bits per heavy atom. The molecule has 0 saturated carbocycles. The van der Waals surface area contributed by atoms with Gasteiger partial charge in [0.25, 0.3) is 0 Å². The molecule has 1 unspecified atom stereocenters. The van der Waals surface area contributed by atoms with Gasteiger partial charge in [0.1, 0.15) is 11.6 Å². The van der Waals surface area contributed by atoms with Crippen molar-refractivity contribution >= 4 is 33.2 Å². The summed E-state index contributed by atoms with van der Waals surface area (Å²) in [5.41, 5.74) is 1.86. The fraction of sp³-hybridized carbons (Fsp3) is 0.200. The summed E-state index contributed by atoms with van der Waals surface area (Å²) < 4.78 is 19.2. The third-order valence-corrected chi connectivity index (χ3v) is 3.89. The molecule has 5 heteroatoms. The zero-order chi connectivity index (χ0) is 14.7. The molecule has 0 spiro atoms. The van der Waals surface area contributed by atoms with Gasteiger partial charge < -0.3 is 10.1 Å². The molecule has 0 saturated heterocycles. The van der Waals surface area contributed by atoms with E-state index in [0.29, 0.717) is 0 Å². The van der Waals surface area contributed by atoms with Crippen molar-refractivity contribution in [3.8, 4) is 5.75 Å². The Kier molecular flexibility index (Phi) is 4.89. The Labute approximate surface area is 131 Å². The van der Waals surface area contributed by atoms with Crippen LogP contribution < -0.4 is 10.1 Å². The molecule has 106 valence electrons. The van der Waals surface area contributed by atoms with Gasteiger partial charge in [0.05, 0.1) is 16.6 Å². The van der Waals surface area contributed by atoms with Gasteiger partial charge in [-0.05, 0) is 58.7 Å².